The van der Waals surface area contributed by atoms with Crippen LogP contribution < -0.4 is 5.56 Å². The summed E-state index contributed by atoms with van der Waals surface area (Å²) in [7, 11) is 0. The Bertz CT molecular complexity index is 311. The first kappa shape index (κ1) is 5.17. The van der Waals surface area contributed by atoms with Gasteiger partial charge in [-0.05, 0) is 15.9 Å². The molecule has 1 aromatic heterocycles. The predicted molar refractivity (Wildman–Crippen MR) is 34.7 cm³/mol. The molecule has 0 aliphatic carbocycles. The van der Waals surface area contributed by atoms with E-state index < -0.39 is 11.4 Å². The first-order valence-electron chi connectivity index (χ1n) is 2.63. The third-order valence-electron chi connectivity index (χ3n) is 0.783. The van der Waals surface area contributed by atoms with Crippen molar-refractivity contribution in [2.75, 3.05) is 0 Å². The van der Waals surface area contributed by atoms with Gasteiger partial charge in [-0.1, -0.05) is 0 Å². The van der Waals surface area contributed by atoms with E-state index in [0.717, 1.165) is 12.3 Å². The molecule has 1 rings (SSSR count). The number of aromatic nitrogens is 1. The van der Waals surface area contributed by atoms with Crippen molar-refractivity contribution in [3.8, 4) is 0 Å². The van der Waals surface area contributed by atoms with Crippen LogP contribution in [-0.2, 0) is 0 Å². The van der Waals surface area contributed by atoms with Gasteiger partial charge in [-0.3, -0.25) is 4.79 Å². The lowest BCUT2D eigenvalue weighted by Crippen LogP contribution is -2.02. The Morgan fingerprint density at radius 3 is 3.11 bits per heavy atom. The molecule has 2 nitrogen and oxygen atoms in total. The molecule has 0 fully saturated rings. The predicted octanol–water partition coefficient (Wildman–Crippen LogP) is 1.28. The zero-order valence-corrected chi connectivity index (χ0v) is 5.85. The minimum Gasteiger partial charge on any atom is -0.326 e. The van der Waals surface area contributed by atoms with Crippen LogP contribution in [0.2, 0.25) is 1.41 Å². The molecule has 0 atom stereocenters. The van der Waals surface area contributed by atoms with E-state index in [1.807, 2.05) is 0 Å². The smallest absolute Gasteiger partial charge is 0.249 e. The Morgan fingerprint density at radius 1 is 1.89 bits per heavy atom. The van der Waals surface area contributed by atoms with Gasteiger partial charge in [0.2, 0.25) is 5.56 Å². The Labute approximate surface area is 60.3 Å². The largest absolute Gasteiger partial charge is 0.326 e. The van der Waals surface area contributed by atoms with Gasteiger partial charge in [-0.2, -0.15) is 0 Å². The maximum atomic E-state index is 12.4. The monoisotopic (exact) mass is 192 g/mol. The Hall–Kier alpha value is -0.640. The van der Waals surface area contributed by atoms with Crippen molar-refractivity contribution in [1.82, 2.24) is 4.98 Å². The molecular formula is C5H3BrFNO. The van der Waals surface area contributed by atoms with Crippen LogP contribution in [0.4, 0.5) is 4.39 Å². The van der Waals surface area contributed by atoms with E-state index in [0.29, 0.717) is 4.98 Å². The number of hydrogen-bond donors (Lipinski definition) is 1. The summed E-state index contributed by atoms with van der Waals surface area (Å²) < 4.78 is 19.3. The highest BCUT2D eigenvalue weighted by Crippen LogP contribution is 2.08. The van der Waals surface area contributed by atoms with Gasteiger partial charge < -0.3 is 4.98 Å². The lowest BCUT2D eigenvalue weighted by molar-refractivity contribution is 0.613. The molecule has 9 heavy (non-hydrogen) atoms. The average molecular weight is 193 g/mol. The van der Waals surface area contributed by atoms with Crippen LogP contribution in [-0.4, -0.2) is 4.98 Å². The highest BCUT2D eigenvalue weighted by molar-refractivity contribution is 9.10. The lowest BCUT2D eigenvalue weighted by Gasteiger charge is -1.87. The number of H-pyrrole nitrogens is 1. The van der Waals surface area contributed by atoms with Gasteiger partial charge in [-0.25, -0.2) is 4.39 Å². The molecule has 0 unspecified atom stereocenters. The zero-order valence-electron chi connectivity index (χ0n) is 5.27. The first-order valence-corrected chi connectivity index (χ1v) is 2.97. The van der Waals surface area contributed by atoms with Crippen LogP contribution in [0.1, 0.15) is 0 Å². The molecule has 0 aliphatic rings. The normalized spacial score (nSPS) is 11.1. The van der Waals surface area contributed by atoms with E-state index in [1.54, 1.807) is 0 Å². The molecule has 48 valence electrons. The minimum atomic E-state index is -0.616. The van der Waals surface area contributed by atoms with E-state index in [4.69, 9.17) is 1.41 Å². The van der Waals surface area contributed by atoms with Gasteiger partial charge in [0.25, 0.3) is 0 Å². The van der Waals surface area contributed by atoms with Gasteiger partial charge in [0.15, 0.2) is 7.23 Å². The van der Waals surface area contributed by atoms with Crippen molar-refractivity contribution < 1.29 is 5.80 Å². The SMILES string of the molecule is [2H]n1cc(F)c(Br)cc1=O. The molecule has 0 bridgehead atoms. The van der Waals surface area contributed by atoms with Gasteiger partial charge in [-0.15, -0.1) is 0 Å². The summed E-state index contributed by atoms with van der Waals surface area (Å²) in [6, 6.07) is 1.00. The highest BCUT2D eigenvalue weighted by Gasteiger charge is 1.95. The molecule has 0 saturated heterocycles. The van der Waals surface area contributed by atoms with Gasteiger partial charge in [0.05, 0.1) is 4.47 Å². The average Bonchev–Trinajstić information content (AvgIpc) is 1.84. The van der Waals surface area contributed by atoms with Crippen LogP contribution in [0.3, 0.4) is 0 Å². The minimum absolute atomic E-state index is 0.0843. The summed E-state index contributed by atoms with van der Waals surface area (Å²) in [5.41, 5.74) is -0.562. The van der Waals surface area contributed by atoms with Crippen LogP contribution >= 0.6 is 15.9 Å². The topological polar surface area (TPSA) is 32.9 Å². The summed E-state index contributed by atoms with van der Waals surface area (Å²) in [6.45, 7) is 0. The van der Waals surface area contributed by atoms with Crippen LogP contribution in [0.5, 0.6) is 0 Å². The molecule has 0 amide bonds. The van der Waals surface area contributed by atoms with E-state index in [-0.39, 0.29) is 4.47 Å². The second kappa shape index (κ2) is 2.31. The number of nitrogens with one attached hydrogen (secondary N) is 1. The fourth-order valence-electron chi connectivity index (χ4n) is 0.397. The molecule has 0 spiro atoms. The number of pyridine rings is 1. The van der Waals surface area contributed by atoms with Crippen molar-refractivity contribution in [2.24, 2.45) is 0 Å². The quantitative estimate of drug-likeness (QED) is 0.661. The van der Waals surface area contributed by atoms with Crippen LogP contribution in [0.25, 0.3) is 0 Å². The molecule has 1 heterocycles. The van der Waals surface area contributed by atoms with Gasteiger partial charge in [0, 0.05) is 12.3 Å². The van der Waals surface area contributed by atoms with E-state index in [9.17, 15) is 9.18 Å². The Balaban J connectivity index is 3.43. The van der Waals surface area contributed by atoms with Crippen molar-refractivity contribution in [3.63, 3.8) is 0 Å². The van der Waals surface area contributed by atoms with Crippen molar-refractivity contribution in [1.29, 1.82) is 0 Å². The number of halogens is 2. The maximum Gasteiger partial charge on any atom is 0.249 e. The van der Waals surface area contributed by atoms with Crippen LogP contribution in [0, 0.1) is 5.82 Å². The molecule has 0 aromatic carbocycles. The van der Waals surface area contributed by atoms with Crippen molar-refractivity contribution in [3.05, 3.63) is 32.9 Å². The molecular weight excluding hydrogens is 189 g/mol. The third-order valence-corrected chi connectivity index (χ3v) is 1.39. The van der Waals surface area contributed by atoms with Gasteiger partial charge >= 0.3 is 0 Å². The van der Waals surface area contributed by atoms with Gasteiger partial charge in [0.1, 0.15) is 0 Å². The number of hydrogen-bond acceptors (Lipinski definition) is 1. The van der Waals surface area contributed by atoms with Crippen molar-refractivity contribution >= 4 is 15.9 Å². The van der Waals surface area contributed by atoms with Crippen LogP contribution in [0.15, 0.2) is 21.5 Å². The second-order valence-electron chi connectivity index (χ2n) is 1.44. The second-order valence-corrected chi connectivity index (χ2v) is 2.29. The first-order chi connectivity index (χ1) is 4.61. The molecule has 1 N–H and O–H groups in total. The molecule has 1 aromatic rings. The summed E-state index contributed by atoms with van der Waals surface area (Å²) in [5, 5.41) is 0. The molecule has 0 saturated carbocycles. The summed E-state index contributed by atoms with van der Waals surface area (Å²) in [6.07, 6.45) is 0.798. The number of aromatic amines is 1. The summed E-state index contributed by atoms with van der Waals surface area (Å²) in [5.74, 6) is -0.616. The van der Waals surface area contributed by atoms with E-state index in [2.05, 4.69) is 15.9 Å². The fraction of sp³-hybridized carbons (Fsp3) is 0. The molecule has 0 radical (unpaired) electrons. The Morgan fingerprint density at radius 2 is 2.56 bits per heavy atom. The molecule has 0 aliphatic heterocycles. The molecule has 4 heteroatoms. The van der Waals surface area contributed by atoms with Crippen molar-refractivity contribution in [2.45, 2.75) is 0 Å². The standard InChI is InChI=1S/C5H3BrFNO/c6-3-1-5(9)8-2-4(3)7/h1-2H,(H,8,9)/i/hD. The van der Waals surface area contributed by atoms with E-state index >= 15 is 0 Å². The Kier molecular flexibility index (Phi) is 1.32. The van der Waals surface area contributed by atoms with E-state index in [1.165, 1.54) is 0 Å². The number of rotatable bonds is 0. The maximum absolute atomic E-state index is 12.4. The summed E-state index contributed by atoms with van der Waals surface area (Å²) >= 11 is 2.81. The lowest BCUT2D eigenvalue weighted by atomic mass is 10.5. The third kappa shape index (κ3) is 1.38. The zero-order chi connectivity index (χ0) is 7.72. The highest BCUT2D eigenvalue weighted by atomic mass is 79.9. The fourth-order valence-corrected chi connectivity index (χ4v) is 0.695. The summed E-state index contributed by atoms with van der Waals surface area (Å²) in [4.78, 5) is 11.0.